The molecule has 0 amide bonds. The molecule has 0 spiro atoms. The van der Waals surface area contributed by atoms with Gasteiger partial charge >= 0.3 is 0 Å². The Hall–Kier alpha value is -3.03. The molecule has 0 aliphatic carbocycles. The quantitative estimate of drug-likeness (QED) is 0.668. The van der Waals surface area contributed by atoms with Gasteiger partial charge < -0.3 is 5.32 Å². The summed E-state index contributed by atoms with van der Waals surface area (Å²) < 4.78 is 0. The molecule has 1 N–H and O–H groups in total. The summed E-state index contributed by atoms with van der Waals surface area (Å²) >= 11 is 0. The molecular formula is C13H12N4O4. The van der Waals surface area contributed by atoms with E-state index in [0.717, 1.165) is 6.20 Å². The van der Waals surface area contributed by atoms with Gasteiger partial charge in [0.2, 0.25) is 0 Å². The van der Waals surface area contributed by atoms with E-state index in [2.05, 4.69) is 10.3 Å². The minimum Gasteiger partial charge on any atom is -0.366 e. The molecule has 108 valence electrons. The van der Waals surface area contributed by atoms with Gasteiger partial charge in [-0.15, -0.1) is 0 Å². The Balaban J connectivity index is 2.16. The molecule has 0 atom stereocenters. The fourth-order valence-corrected chi connectivity index (χ4v) is 1.86. The van der Waals surface area contributed by atoms with Crippen LogP contribution in [0.2, 0.25) is 0 Å². The first-order valence-electron chi connectivity index (χ1n) is 6.06. The summed E-state index contributed by atoms with van der Waals surface area (Å²) in [7, 11) is 0. The Kier molecular flexibility index (Phi) is 4.07. The van der Waals surface area contributed by atoms with Crippen LogP contribution >= 0.6 is 0 Å². The molecule has 8 heteroatoms. The summed E-state index contributed by atoms with van der Waals surface area (Å²) in [6, 6.07) is 7.90. The number of nitro benzene ring substituents is 1. The number of anilines is 1. The maximum atomic E-state index is 10.9. The molecule has 1 aromatic carbocycles. The summed E-state index contributed by atoms with van der Waals surface area (Å²) in [5, 5.41) is 24.5. The molecule has 0 aliphatic heterocycles. The first-order valence-corrected chi connectivity index (χ1v) is 6.06. The van der Waals surface area contributed by atoms with Crippen LogP contribution in [0.25, 0.3) is 0 Å². The summed E-state index contributed by atoms with van der Waals surface area (Å²) in [5.74, 6) is 0.427. The number of hydrogen-bond acceptors (Lipinski definition) is 6. The molecule has 1 aromatic heterocycles. The topological polar surface area (TPSA) is 111 Å². The van der Waals surface area contributed by atoms with Crippen LogP contribution in [0.3, 0.4) is 0 Å². The molecule has 0 bridgehead atoms. The van der Waals surface area contributed by atoms with E-state index in [1.165, 1.54) is 12.1 Å². The maximum absolute atomic E-state index is 10.9. The number of aryl methyl sites for hydroxylation is 1. The highest BCUT2D eigenvalue weighted by molar-refractivity contribution is 5.48. The Morgan fingerprint density at radius 2 is 1.81 bits per heavy atom. The van der Waals surface area contributed by atoms with Crippen LogP contribution in [0.15, 0.2) is 36.5 Å². The molecule has 8 nitrogen and oxygen atoms in total. The number of aromatic nitrogens is 1. The van der Waals surface area contributed by atoms with Crippen LogP contribution in [0, 0.1) is 27.2 Å². The predicted molar refractivity (Wildman–Crippen MR) is 76.1 cm³/mol. The Morgan fingerprint density at radius 3 is 2.43 bits per heavy atom. The second-order valence-electron chi connectivity index (χ2n) is 4.35. The number of para-hydroxylation sites is 1. The van der Waals surface area contributed by atoms with E-state index in [1.807, 2.05) is 0 Å². The van der Waals surface area contributed by atoms with E-state index in [0.29, 0.717) is 16.9 Å². The highest BCUT2D eigenvalue weighted by atomic mass is 16.6. The van der Waals surface area contributed by atoms with Gasteiger partial charge in [-0.2, -0.15) is 0 Å². The molecule has 0 saturated carbocycles. The molecule has 0 fully saturated rings. The van der Waals surface area contributed by atoms with Crippen molar-refractivity contribution in [2.45, 2.75) is 13.5 Å². The van der Waals surface area contributed by atoms with E-state index in [4.69, 9.17) is 0 Å². The molecule has 2 rings (SSSR count). The highest BCUT2D eigenvalue weighted by Gasteiger charge is 2.14. The third-order valence-electron chi connectivity index (χ3n) is 2.93. The first kappa shape index (κ1) is 14.4. The van der Waals surface area contributed by atoms with Gasteiger partial charge in [-0.05, 0) is 13.0 Å². The van der Waals surface area contributed by atoms with Gasteiger partial charge in [-0.1, -0.05) is 18.2 Å². The zero-order chi connectivity index (χ0) is 15.4. The number of nitro groups is 2. The Bertz CT molecular complexity index is 702. The summed E-state index contributed by atoms with van der Waals surface area (Å²) in [4.78, 5) is 24.6. The van der Waals surface area contributed by atoms with E-state index in [1.54, 1.807) is 25.1 Å². The molecule has 0 radical (unpaired) electrons. The van der Waals surface area contributed by atoms with Crippen LogP contribution < -0.4 is 5.32 Å². The molecule has 0 aliphatic rings. The number of nitrogens with zero attached hydrogens (tertiary/aromatic N) is 3. The van der Waals surface area contributed by atoms with Crippen molar-refractivity contribution in [3.8, 4) is 0 Å². The maximum Gasteiger partial charge on any atom is 0.290 e. The van der Waals surface area contributed by atoms with Crippen molar-refractivity contribution in [2.75, 3.05) is 5.32 Å². The lowest BCUT2D eigenvalue weighted by Gasteiger charge is -2.07. The molecule has 1 heterocycles. The van der Waals surface area contributed by atoms with Crippen LogP contribution in [-0.4, -0.2) is 14.8 Å². The van der Waals surface area contributed by atoms with Gasteiger partial charge in [-0.3, -0.25) is 20.2 Å². The van der Waals surface area contributed by atoms with Gasteiger partial charge in [0.25, 0.3) is 11.4 Å². The van der Waals surface area contributed by atoms with Gasteiger partial charge in [0.05, 0.1) is 9.85 Å². The molecular weight excluding hydrogens is 276 g/mol. The van der Waals surface area contributed by atoms with Crippen molar-refractivity contribution < 1.29 is 9.85 Å². The second kappa shape index (κ2) is 5.95. The van der Waals surface area contributed by atoms with Crippen LogP contribution in [0.1, 0.15) is 11.1 Å². The number of nitrogens with one attached hydrogen (secondary N) is 1. The van der Waals surface area contributed by atoms with Gasteiger partial charge in [-0.25, -0.2) is 4.98 Å². The third-order valence-corrected chi connectivity index (χ3v) is 2.93. The van der Waals surface area contributed by atoms with Crippen LogP contribution in [-0.2, 0) is 6.54 Å². The molecule has 21 heavy (non-hydrogen) atoms. The smallest absolute Gasteiger partial charge is 0.290 e. The Labute approximate surface area is 119 Å². The van der Waals surface area contributed by atoms with Crippen molar-refractivity contribution in [3.63, 3.8) is 0 Å². The fraction of sp³-hybridized carbons (Fsp3) is 0.154. The fourth-order valence-electron chi connectivity index (χ4n) is 1.86. The summed E-state index contributed by atoms with van der Waals surface area (Å²) in [6.07, 6.45) is 1.16. The zero-order valence-corrected chi connectivity index (χ0v) is 11.1. The lowest BCUT2D eigenvalue weighted by molar-refractivity contribution is -0.385. The Morgan fingerprint density at radius 1 is 1.14 bits per heavy atom. The van der Waals surface area contributed by atoms with Gasteiger partial charge in [0.15, 0.2) is 0 Å². The third kappa shape index (κ3) is 3.30. The van der Waals surface area contributed by atoms with E-state index >= 15 is 0 Å². The lowest BCUT2D eigenvalue weighted by atomic mass is 10.2. The average Bonchev–Trinajstić information content (AvgIpc) is 2.45. The lowest BCUT2D eigenvalue weighted by Crippen LogP contribution is -2.05. The minimum absolute atomic E-state index is 0.0173. The zero-order valence-electron chi connectivity index (χ0n) is 11.1. The van der Waals surface area contributed by atoms with E-state index in [-0.39, 0.29) is 17.9 Å². The average molecular weight is 288 g/mol. The standard InChI is InChI=1S/C13H12N4O4/c1-9-6-13(15-8-12(9)17(20)21)14-7-10-4-2-3-5-11(10)16(18)19/h2-6,8H,7H2,1H3,(H,14,15). The molecule has 0 unspecified atom stereocenters. The van der Waals surface area contributed by atoms with Crippen molar-refractivity contribution in [3.05, 3.63) is 67.9 Å². The van der Waals surface area contributed by atoms with Crippen molar-refractivity contribution in [1.82, 2.24) is 4.98 Å². The molecule has 2 aromatic rings. The number of hydrogen-bond donors (Lipinski definition) is 1. The predicted octanol–water partition coefficient (Wildman–Crippen LogP) is 2.82. The summed E-state index contributed by atoms with van der Waals surface area (Å²) in [6.45, 7) is 1.82. The largest absolute Gasteiger partial charge is 0.366 e. The summed E-state index contributed by atoms with van der Waals surface area (Å²) in [5.41, 5.74) is 0.940. The number of benzene rings is 1. The van der Waals surface area contributed by atoms with E-state index < -0.39 is 9.85 Å². The van der Waals surface area contributed by atoms with E-state index in [9.17, 15) is 20.2 Å². The minimum atomic E-state index is -0.506. The number of pyridine rings is 1. The first-order chi connectivity index (χ1) is 9.99. The van der Waals surface area contributed by atoms with Gasteiger partial charge in [0, 0.05) is 23.7 Å². The van der Waals surface area contributed by atoms with Crippen LogP contribution in [0.4, 0.5) is 17.2 Å². The van der Waals surface area contributed by atoms with Crippen molar-refractivity contribution in [2.24, 2.45) is 0 Å². The highest BCUT2D eigenvalue weighted by Crippen LogP contribution is 2.21. The van der Waals surface area contributed by atoms with Crippen LogP contribution in [0.5, 0.6) is 0 Å². The van der Waals surface area contributed by atoms with Crippen molar-refractivity contribution >= 4 is 17.2 Å². The van der Waals surface area contributed by atoms with Crippen molar-refractivity contribution in [1.29, 1.82) is 0 Å². The SMILES string of the molecule is Cc1cc(NCc2ccccc2[N+](=O)[O-])ncc1[N+](=O)[O-]. The molecule has 0 saturated heterocycles. The second-order valence-corrected chi connectivity index (χ2v) is 4.35. The number of rotatable bonds is 5. The van der Waals surface area contributed by atoms with Gasteiger partial charge in [0.1, 0.15) is 12.0 Å². The normalized spacial score (nSPS) is 10.1. The monoisotopic (exact) mass is 288 g/mol.